The number of para-hydroxylation sites is 1. The maximum atomic E-state index is 11.3. The van der Waals surface area contributed by atoms with Gasteiger partial charge in [-0.3, -0.25) is 9.78 Å². The highest BCUT2D eigenvalue weighted by Gasteiger charge is 2.33. The van der Waals surface area contributed by atoms with Crippen LogP contribution in [-0.2, 0) is 4.79 Å². The highest BCUT2D eigenvalue weighted by Crippen LogP contribution is 2.43. The summed E-state index contributed by atoms with van der Waals surface area (Å²) in [4.78, 5) is 15.7. The predicted molar refractivity (Wildman–Crippen MR) is 104 cm³/mol. The fraction of sp³-hybridized carbons (Fsp3) is 0.130. The van der Waals surface area contributed by atoms with Gasteiger partial charge in [-0.2, -0.15) is 0 Å². The number of hydrogen-bond donors (Lipinski definition) is 1. The first-order valence-corrected chi connectivity index (χ1v) is 8.97. The van der Waals surface area contributed by atoms with Crippen molar-refractivity contribution in [1.29, 1.82) is 0 Å². The zero-order valence-electron chi connectivity index (χ0n) is 14.6. The lowest BCUT2D eigenvalue weighted by Crippen LogP contribution is -2.24. The molecule has 4 nitrogen and oxygen atoms in total. The van der Waals surface area contributed by atoms with Crippen LogP contribution in [0.3, 0.4) is 0 Å². The molecule has 5 rings (SSSR count). The second-order valence-corrected chi connectivity index (χ2v) is 6.98. The molecule has 132 valence electrons. The van der Waals surface area contributed by atoms with Crippen LogP contribution in [0, 0.1) is 5.92 Å². The van der Waals surface area contributed by atoms with Gasteiger partial charge < -0.3 is 9.52 Å². The molecule has 0 unspecified atom stereocenters. The molecular weight excluding hydrogens is 338 g/mol. The van der Waals surface area contributed by atoms with E-state index in [1.165, 1.54) is 0 Å². The largest absolute Gasteiger partial charge is 0.481 e. The van der Waals surface area contributed by atoms with E-state index in [0.717, 1.165) is 44.1 Å². The molecule has 1 N–H and O–H groups in total. The standard InChI is InChI=1S/C23H17NO3/c25-23(26)17-11-16(12-17)22(19-13-27-21-6-2-1-5-18(19)21)15-7-8-20-14(10-15)4-3-9-24-20/h1-10,13,17H,11-12H2,(H,25,26). The molecule has 2 aromatic carbocycles. The summed E-state index contributed by atoms with van der Waals surface area (Å²) in [7, 11) is 0. The number of furan rings is 1. The van der Waals surface area contributed by atoms with Crippen molar-refractivity contribution in [1.82, 2.24) is 4.98 Å². The van der Waals surface area contributed by atoms with Crippen molar-refractivity contribution in [2.24, 2.45) is 5.92 Å². The van der Waals surface area contributed by atoms with Gasteiger partial charge in [0.2, 0.25) is 0 Å². The van der Waals surface area contributed by atoms with Crippen LogP contribution >= 0.6 is 0 Å². The average molecular weight is 355 g/mol. The molecule has 4 aromatic rings. The van der Waals surface area contributed by atoms with Gasteiger partial charge in [-0.1, -0.05) is 35.9 Å². The second kappa shape index (κ2) is 6.09. The van der Waals surface area contributed by atoms with Crippen molar-refractivity contribution in [2.45, 2.75) is 12.8 Å². The Morgan fingerprint density at radius 1 is 1.07 bits per heavy atom. The van der Waals surface area contributed by atoms with Crippen LogP contribution in [0.5, 0.6) is 0 Å². The van der Waals surface area contributed by atoms with E-state index in [2.05, 4.69) is 17.1 Å². The Bertz CT molecular complexity index is 1210. The number of benzene rings is 2. The van der Waals surface area contributed by atoms with Gasteiger partial charge in [-0.25, -0.2) is 0 Å². The lowest BCUT2D eigenvalue weighted by atomic mass is 9.74. The molecule has 0 atom stereocenters. The lowest BCUT2D eigenvalue weighted by Gasteiger charge is -2.29. The fourth-order valence-electron chi connectivity index (χ4n) is 3.87. The first-order chi connectivity index (χ1) is 13.2. The average Bonchev–Trinajstić information content (AvgIpc) is 3.07. The number of nitrogens with zero attached hydrogens (tertiary/aromatic N) is 1. The van der Waals surface area contributed by atoms with Gasteiger partial charge in [0.1, 0.15) is 5.58 Å². The number of pyridine rings is 1. The summed E-state index contributed by atoms with van der Waals surface area (Å²) < 4.78 is 5.77. The van der Waals surface area contributed by atoms with E-state index in [1.807, 2.05) is 42.5 Å². The molecule has 1 saturated carbocycles. The maximum absolute atomic E-state index is 11.3. The molecule has 0 aliphatic heterocycles. The molecule has 2 aromatic heterocycles. The molecule has 1 fully saturated rings. The molecule has 2 heterocycles. The number of rotatable bonds is 3. The number of carbonyl (C=O) groups is 1. The molecule has 27 heavy (non-hydrogen) atoms. The zero-order chi connectivity index (χ0) is 18.4. The number of aromatic nitrogens is 1. The molecule has 0 saturated heterocycles. The van der Waals surface area contributed by atoms with E-state index in [0.29, 0.717) is 12.8 Å². The summed E-state index contributed by atoms with van der Waals surface area (Å²) in [5.41, 5.74) is 6.12. The quantitative estimate of drug-likeness (QED) is 0.543. The van der Waals surface area contributed by atoms with Gasteiger partial charge in [0.15, 0.2) is 0 Å². The van der Waals surface area contributed by atoms with Crippen molar-refractivity contribution >= 4 is 33.4 Å². The summed E-state index contributed by atoms with van der Waals surface area (Å²) in [5, 5.41) is 11.4. The third kappa shape index (κ3) is 2.61. The predicted octanol–water partition coefficient (Wildman–Crippen LogP) is 5.28. The van der Waals surface area contributed by atoms with E-state index in [9.17, 15) is 9.90 Å². The van der Waals surface area contributed by atoms with Gasteiger partial charge in [0, 0.05) is 22.5 Å². The number of hydrogen-bond acceptors (Lipinski definition) is 3. The third-order valence-electron chi connectivity index (χ3n) is 5.33. The Kier molecular flexibility index (Phi) is 3.57. The van der Waals surface area contributed by atoms with Crippen LogP contribution < -0.4 is 0 Å². The monoisotopic (exact) mass is 355 g/mol. The molecule has 0 amide bonds. The normalized spacial score (nSPS) is 16.4. The number of aliphatic carboxylic acids is 1. The minimum atomic E-state index is -0.724. The molecular formula is C23H17NO3. The minimum Gasteiger partial charge on any atom is -0.481 e. The van der Waals surface area contributed by atoms with E-state index in [4.69, 9.17) is 4.42 Å². The van der Waals surface area contributed by atoms with Crippen molar-refractivity contribution in [2.75, 3.05) is 0 Å². The fourth-order valence-corrected chi connectivity index (χ4v) is 3.87. The first kappa shape index (κ1) is 15.8. The van der Waals surface area contributed by atoms with Crippen LogP contribution in [0.1, 0.15) is 24.0 Å². The van der Waals surface area contributed by atoms with Crippen LogP contribution in [0.15, 0.2) is 77.0 Å². The van der Waals surface area contributed by atoms with Gasteiger partial charge >= 0.3 is 5.97 Å². The highest BCUT2D eigenvalue weighted by atomic mass is 16.4. The zero-order valence-corrected chi connectivity index (χ0v) is 14.6. The minimum absolute atomic E-state index is 0.296. The van der Waals surface area contributed by atoms with Gasteiger partial charge in [-0.15, -0.1) is 0 Å². The molecule has 4 heteroatoms. The molecule has 0 spiro atoms. The van der Waals surface area contributed by atoms with Crippen molar-refractivity contribution < 1.29 is 14.3 Å². The smallest absolute Gasteiger partial charge is 0.307 e. The topological polar surface area (TPSA) is 63.3 Å². The van der Waals surface area contributed by atoms with Crippen molar-refractivity contribution in [3.05, 3.63) is 83.8 Å². The summed E-state index contributed by atoms with van der Waals surface area (Å²) in [5.74, 6) is -1.02. The third-order valence-corrected chi connectivity index (χ3v) is 5.33. The van der Waals surface area contributed by atoms with Gasteiger partial charge in [0.05, 0.1) is 17.7 Å². The summed E-state index contributed by atoms with van der Waals surface area (Å²) in [6, 6.07) is 18.1. The summed E-state index contributed by atoms with van der Waals surface area (Å²) >= 11 is 0. The number of fused-ring (bicyclic) bond motifs is 2. The van der Waals surface area contributed by atoms with Crippen LogP contribution in [0.2, 0.25) is 0 Å². The summed E-state index contributed by atoms with van der Waals surface area (Å²) in [6.07, 6.45) is 4.73. The number of allylic oxidation sites excluding steroid dienone is 1. The van der Waals surface area contributed by atoms with Crippen molar-refractivity contribution in [3.8, 4) is 0 Å². The Morgan fingerprint density at radius 2 is 1.93 bits per heavy atom. The first-order valence-electron chi connectivity index (χ1n) is 8.97. The number of carboxylic acids is 1. The van der Waals surface area contributed by atoms with E-state index < -0.39 is 5.97 Å². The lowest BCUT2D eigenvalue weighted by molar-refractivity contribution is -0.143. The van der Waals surface area contributed by atoms with Crippen molar-refractivity contribution in [3.63, 3.8) is 0 Å². The van der Waals surface area contributed by atoms with Crippen LogP contribution in [0.25, 0.3) is 27.4 Å². The highest BCUT2D eigenvalue weighted by molar-refractivity contribution is 5.99. The maximum Gasteiger partial charge on any atom is 0.307 e. The molecule has 0 bridgehead atoms. The van der Waals surface area contributed by atoms with Gasteiger partial charge in [0.25, 0.3) is 0 Å². The SMILES string of the molecule is O=C(O)C1CC(=C(c2ccc3ncccc3c2)c2coc3ccccc23)C1. The van der Waals surface area contributed by atoms with Gasteiger partial charge in [-0.05, 0) is 48.2 Å². The van der Waals surface area contributed by atoms with E-state index in [-0.39, 0.29) is 5.92 Å². The Balaban J connectivity index is 1.71. The number of carboxylic acid groups (broad SMARTS) is 1. The second-order valence-electron chi connectivity index (χ2n) is 6.98. The van der Waals surface area contributed by atoms with E-state index >= 15 is 0 Å². The molecule has 1 aliphatic carbocycles. The van der Waals surface area contributed by atoms with Crippen LogP contribution in [-0.4, -0.2) is 16.1 Å². The van der Waals surface area contributed by atoms with E-state index in [1.54, 1.807) is 12.5 Å². The molecule has 0 radical (unpaired) electrons. The molecule has 1 aliphatic rings. The van der Waals surface area contributed by atoms with Crippen LogP contribution in [0.4, 0.5) is 0 Å². The Morgan fingerprint density at radius 3 is 2.78 bits per heavy atom. The summed E-state index contributed by atoms with van der Waals surface area (Å²) in [6.45, 7) is 0. The Hall–Kier alpha value is -3.40. The Labute approximate surface area is 155 Å².